The van der Waals surface area contributed by atoms with Crippen LogP contribution in [-0.2, 0) is 9.53 Å². The van der Waals surface area contributed by atoms with Crippen LogP contribution in [0.3, 0.4) is 0 Å². The summed E-state index contributed by atoms with van der Waals surface area (Å²) in [5.41, 5.74) is 0.171. The number of hydrogen-bond donors (Lipinski definition) is 2. The standard InChI is InChI=1S/C23H24F5NO4/c1-11(2)8-16(22(31)32-3)29-20(23(26,27)28)13-4-6-14-15-9-12(19(30)21(24)25)5-7-17(15)33-18(14)10-13/h4-7,9-11,16,19-21,29-30H,8H2,1-3H3/t16-,19?,20-/m0/s1. The Hall–Kier alpha value is -2.72. The molecule has 10 heteroatoms. The Kier molecular flexibility index (Phi) is 7.28. The minimum Gasteiger partial charge on any atom is -0.468 e. The predicted octanol–water partition coefficient (Wildman–Crippen LogP) is 5.67. The lowest BCUT2D eigenvalue weighted by Gasteiger charge is -2.27. The number of alkyl halides is 5. The van der Waals surface area contributed by atoms with Crippen LogP contribution >= 0.6 is 0 Å². The number of aliphatic hydroxyl groups is 1. The Labute approximate surface area is 186 Å². The second-order valence-corrected chi connectivity index (χ2v) is 8.24. The molecule has 33 heavy (non-hydrogen) atoms. The number of fused-ring (bicyclic) bond motifs is 3. The zero-order chi connectivity index (χ0) is 24.5. The van der Waals surface area contributed by atoms with Crippen LogP contribution < -0.4 is 5.32 Å². The summed E-state index contributed by atoms with van der Waals surface area (Å²) in [5, 5.41) is 12.8. The normalized spacial score (nSPS) is 15.4. The lowest BCUT2D eigenvalue weighted by Crippen LogP contribution is -2.45. The highest BCUT2D eigenvalue weighted by molar-refractivity contribution is 6.05. The van der Waals surface area contributed by atoms with Gasteiger partial charge in [-0.3, -0.25) is 10.1 Å². The molecule has 1 aromatic heterocycles. The van der Waals surface area contributed by atoms with Crippen LogP contribution in [-0.4, -0.2) is 36.8 Å². The molecule has 180 valence electrons. The van der Waals surface area contributed by atoms with E-state index in [2.05, 4.69) is 10.1 Å². The third-order valence-corrected chi connectivity index (χ3v) is 5.32. The summed E-state index contributed by atoms with van der Waals surface area (Å²) < 4.78 is 77.8. The van der Waals surface area contributed by atoms with Crippen LogP contribution in [0.4, 0.5) is 22.0 Å². The molecule has 3 rings (SSSR count). The summed E-state index contributed by atoms with van der Waals surface area (Å²) in [4.78, 5) is 12.1. The first-order valence-corrected chi connectivity index (χ1v) is 10.2. The minimum atomic E-state index is -4.72. The summed E-state index contributed by atoms with van der Waals surface area (Å²) in [6.07, 6.45) is -9.56. The van der Waals surface area contributed by atoms with Gasteiger partial charge < -0.3 is 14.3 Å². The van der Waals surface area contributed by atoms with Gasteiger partial charge in [0.2, 0.25) is 0 Å². The average Bonchev–Trinajstić information content (AvgIpc) is 3.11. The molecule has 5 nitrogen and oxygen atoms in total. The second-order valence-electron chi connectivity index (χ2n) is 8.24. The first kappa shape index (κ1) is 24.9. The lowest BCUT2D eigenvalue weighted by atomic mass is 9.99. The number of carbonyl (C=O) groups excluding carboxylic acids is 1. The highest BCUT2D eigenvalue weighted by Gasteiger charge is 2.43. The molecule has 3 atom stereocenters. The zero-order valence-electron chi connectivity index (χ0n) is 18.1. The molecule has 0 aliphatic heterocycles. The molecule has 0 radical (unpaired) electrons. The van der Waals surface area contributed by atoms with Crippen LogP contribution in [0.25, 0.3) is 21.9 Å². The monoisotopic (exact) mass is 473 g/mol. The maximum absolute atomic E-state index is 13.9. The molecule has 0 fully saturated rings. The van der Waals surface area contributed by atoms with Gasteiger partial charge in [0.25, 0.3) is 6.43 Å². The molecule has 0 saturated heterocycles. The minimum absolute atomic E-state index is 0.0336. The van der Waals surface area contributed by atoms with Crippen molar-refractivity contribution in [1.29, 1.82) is 0 Å². The summed E-state index contributed by atoms with van der Waals surface area (Å²) in [6.45, 7) is 3.56. The Morgan fingerprint density at radius 1 is 1.06 bits per heavy atom. The SMILES string of the molecule is COC(=O)[C@H](CC(C)C)N[C@@H](c1ccc2c(c1)oc1ccc(C(O)C(F)F)cc12)C(F)(F)F. The fourth-order valence-electron chi connectivity index (χ4n) is 3.75. The molecule has 0 aliphatic rings. The van der Waals surface area contributed by atoms with Crippen molar-refractivity contribution < 1.29 is 41.0 Å². The van der Waals surface area contributed by atoms with Crippen LogP contribution in [0.5, 0.6) is 0 Å². The number of furan rings is 1. The zero-order valence-corrected chi connectivity index (χ0v) is 18.1. The van der Waals surface area contributed by atoms with E-state index in [0.717, 1.165) is 7.11 Å². The van der Waals surface area contributed by atoms with E-state index in [4.69, 9.17) is 4.42 Å². The molecule has 3 aromatic rings. The third-order valence-electron chi connectivity index (χ3n) is 5.32. The van der Waals surface area contributed by atoms with E-state index in [9.17, 15) is 31.9 Å². The molecule has 0 aliphatic carbocycles. The Morgan fingerprint density at radius 3 is 2.30 bits per heavy atom. The molecule has 2 N–H and O–H groups in total. The highest BCUT2D eigenvalue weighted by Crippen LogP contribution is 2.38. The number of methoxy groups -OCH3 is 1. The van der Waals surface area contributed by atoms with Crippen LogP contribution in [0, 0.1) is 5.92 Å². The number of benzene rings is 2. The van der Waals surface area contributed by atoms with E-state index in [1.54, 1.807) is 13.8 Å². The van der Waals surface area contributed by atoms with E-state index < -0.39 is 36.8 Å². The summed E-state index contributed by atoms with van der Waals surface area (Å²) in [6, 6.07) is 4.47. The predicted molar refractivity (Wildman–Crippen MR) is 112 cm³/mol. The second kappa shape index (κ2) is 9.64. The Morgan fingerprint density at radius 2 is 1.73 bits per heavy atom. The maximum atomic E-state index is 13.9. The maximum Gasteiger partial charge on any atom is 0.407 e. The number of aliphatic hydroxyl groups excluding tert-OH is 1. The van der Waals surface area contributed by atoms with Gasteiger partial charge in [0.15, 0.2) is 0 Å². The number of nitrogens with one attached hydrogen (secondary N) is 1. The van der Waals surface area contributed by atoms with Crippen LogP contribution in [0.15, 0.2) is 40.8 Å². The van der Waals surface area contributed by atoms with Crippen molar-refractivity contribution >= 4 is 27.9 Å². The molecule has 0 amide bonds. The van der Waals surface area contributed by atoms with E-state index in [-0.39, 0.29) is 34.6 Å². The molecule has 0 bridgehead atoms. The van der Waals surface area contributed by atoms with Gasteiger partial charge in [-0.2, -0.15) is 13.2 Å². The molecule has 1 heterocycles. The van der Waals surface area contributed by atoms with Gasteiger partial charge >= 0.3 is 12.1 Å². The van der Waals surface area contributed by atoms with Crippen molar-refractivity contribution in [3.05, 3.63) is 47.5 Å². The van der Waals surface area contributed by atoms with Crippen molar-refractivity contribution in [1.82, 2.24) is 5.32 Å². The van der Waals surface area contributed by atoms with E-state index in [1.165, 1.54) is 36.4 Å². The topological polar surface area (TPSA) is 71.7 Å². The fraction of sp³-hybridized carbons (Fsp3) is 0.435. The number of hydrogen-bond acceptors (Lipinski definition) is 5. The average molecular weight is 473 g/mol. The number of ether oxygens (including phenoxy) is 1. The van der Waals surface area contributed by atoms with Crippen LogP contribution in [0.2, 0.25) is 0 Å². The third kappa shape index (κ3) is 5.44. The molecule has 1 unspecified atom stereocenters. The lowest BCUT2D eigenvalue weighted by molar-refractivity contribution is -0.164. The van der Waals surface area contributed by atoms with Crippen molar-refractivity contribution in [2.24, 2.45) is 5.92 Å². The van der Waals surface area contributed by atoms with Gasteiger partial charge in [0.05, 0.1) is 7.11 Å². The molecular weight excluding hydrogens is 449 g/mol. The van der Waals surface area contributed by atoms with Crippen LogP contribution in [0.1, 0.15) is 43.5 Å². The molecule has 2 aromatic carbocycles. The van der Waals surface area contributed by atoms with Gasteiger partial charge in [-0.15, -0.1) is 0 Å². The van der Waals surface area contributed by atoms with E-state index >= 15 is 0 Å². The van der Waals surface area contributed by atoms with Gasteiger partial charge in [-0.25, -0.2) is 8.78 Å². The van der Waals surface area contributed by atoms with Gasteiger partial charge in [-0.05, 0) is 41.7 Å². The van der Waals surface area contributed by atoms with E-state index in [1.807, 2.05) is 0 Å². The quantitative estimate of drug-likeness (QED) is 0.326. The molecule has 0 saturated carbocycles. The highest BCUT2D eigenvalue weighted by atomic mass is 19.4. The van der Waals surface area contributed by atoms with E-state index in [0.29, 0.717) is 10.8 Å². The number of halogens is 5. The largest absolute Gasteiger partial charge is 0.468 e. The number of carbonyl (C=O) groups is 1. The van der Waals surface area contributed by atoms with Crippen molar-refractivity contribution in [3.63, 3.8) is 0 Å². The van der Waals surface area contributed by atoms with Gasteiger partial charge in [0, 0.05) is 10.8 Å². The smallest absolute Gasteiger partial charge is 0.407 e. The summed E-state index contributed by atoms with van der Waals surface area (Å²) in [5.74, 6) is -0.862. The summed E-state index contributed by atoms with van der Waals surface area (Å²) in [7, 11) is 1.11. The Bertz CT molecular complexity index is 1130. The first-order valence-electron chi connectivity index (χ1n) is 10.2. The first-order chi connectivity index (χ1) is 15.4. The van der Waals surface area contributed by atoms with Crippen molar-refractivity contribution in [2.75, 3.05) is 7.11 Å². The fourth-order valence-corrected chi connectivity index (χ4v) is 3.75. The molecular formula is C23H24F5NO4. The molecule has 0 spiro atoms. The van der Waals surface area contributed by atoms with Crippen molar-refractivity contribution in [3.8, 4) is 0 Å². The van der Waals surface area contributed by atoms with Crippen molar-refractivity contribution in [2.45, 2.75) is 51.1 Å². The van der Waals surface area contributed by atoms with Gasteiger partial charge in [-0.1, -0.05) is 32.0 Å². The number of esters is 1. The van der Waals surface area contributed by atoms with Gasteiger partial charge in [0.1, 0.15) is 29.4 Å². The Balaban J connectivity index is 2.03. The summed E-state index contributed by atoms with van der Waals surface area (Å²) >= 11 is 0. The number of rotatable bonds is 8.